The number of ether oxygens (including phenoxy) is 1. The molecule has 0 aliphatic rings. The highest BCUT2D eigenvalue weighted by atomic mass is 32.2. The highest BCUT2D eigenvalue weighted by Gasteiger charge is 2.20. The number of hydrogen-bond donors (Lipinski definition) is 2. The quantitative estimate of drug-likeness (QED) is 0.789. The fourth-order valence-corrected chi connectivity index (χ4v) is 3.21. The Kier molecular flexibility index (Phi) is 5.97. The largest absolute Gasteiger partial charge is 0.494 e. The van der Waals surface area contributed by atoms with Crippen LogP contribution in [0.3, 0.4) is 0 Å². The van der Waals surface area contributed by atoms with Crippen LogP contribution in [0.1, 0.15) is 23.7 Å². The fourth-order valence-electron chi connectivity index (χ4n) is 2.11. The molecule has 2 aromatic carbocycles. The van der Waals surface area contributed by atoms with Gasteiger partial charge in [-0.25, -0.2) is 12.8 Å². The van der Waals surface area contributed by atoms with Gasteiger partial charge in [0.1, 0.15) is 0 Å². The van der Waals surface area contributed by atoms with Gasteiger partial charge in [-0.05, 0) is 30.7 Å². The average Bonchev–Trinajstić information content (AvgIpc) is 2.60. The second-order valence-corrected chi connectivity index (χ2v) is 6.89. The molecule has 25 heavy (non-hydrogen) atoms. The van der Waals surface area contributed by atoms with Gasteiger partial charge in [0.05, 0.1) is 23.3 Å². The van der Waals surface area contributed by atoms with E-state index in [1.54, 1.807) is 12.1 Å². The van der Waals surface area contributed by atoms with E-state index in [-0.39, 0.29) is 27.8 Å². The Balaban J connectivity index is 2.34. The summed E-state index contributed by atoms with van der Waals surface area (Å²) in [5.74, 6) is -1.23. The van der Waals surface area contributed by atoms with Gasteiger partial charge in [-0.15, -0.1) is 0 Å². The number of methoxy groups -OCH3 is 1. The average molecular weight is 366 g/mol. The first-order chi connectivity index (χ1) is 11.9. The molecule has 0 unspecified atom stereocenters. The Morgan fingerprint density at radius 3 is 2.60 bits per heavy atom. The smallest absolute Gasteiger partial charge is 0.262 e. The SMILES string of the molecule is CCCNC(=O)c1ccccc1NS(=O)(=O)c1ccc(F)c(OC)c1. The molecule has 0 atom stereocenters. The van der Waals surface area contributed by atoms with Crippen molar-refractivity contribution in [3.8, 4) is 5.75 Å². The Morgan fingerprint density at radius 2 is 1.92 bits per heavy atom. The van der Waals surface area contributed by atoms with E-state index in [2.05, 4.69) is 10.0 Å². The topological polar surface area (TPSA) is 84.5 Å². The lowest BCUT2D eigenvalue weighted by molar-refractivity contribution is 0.0954. The van der Waals surface area contributed by atoms with E-state index in [1.165, 1.54) is 19.2 Å². The third kappa shape index (κ3) is 4.48. The van der Waals surface area contributed by atoms with Crippen LogP contribution in [-0.4, -0.2) is 28.0 Å². The molecule has 8 heteroatoms. The molecule has 0 saturated heterocycles. The normalized spacial score (nSPS) is 11.0. The summed E-state index contributed by atoms with van der Waals surface area (Å²) in [6, 6.07) is 9.47. The zero-order chi connectivity index (χ0) is 18.4. The number of anilines is 1. The predicted molar refractivity (Wildman–Crippen MR) is 92.8 cm³/mol. The first kappa shape index (κ1) is 18.7. The number of benzene rings is 2. The summed E-state index contributed by atoms with van der Waals surface area (Å²) in [6.45, 7) is 2.39. The van der Waals surface area contributed by atoms with Gasteiger partial charge in [0.25, 0.3) is 15.9 Å². The molecule has 6 nitrogen and oxygen atoms in total. The summed E-state index contributed by atoms with van der Waals surface area (Å²) in [5, 5.41) is 2.70. The molecule has 0 aliphatic carbocycles. The number of nitrogens with one attached hydrogen (secondary N) is 2. The molecule has 0 spiro atoms. The van der Waals surface area contributed by atoms with Gasteiger partial charge in [0, 0.05) is 12.6 Å². The van der Waals surface area contributed by atoms with Crippen LogP contribution in [0, 0.1) is 5.82 Å². The van der Waals surface area contributed by atoms with Crippen LogP contribution >= 0.6 is 0 Å². The lowest BCUT2D eigenvalue weighted by atomic mass is 10.1. The third-order valence-corrected chi connectivity index (χ3v) is 4.75. The van der Waals surface area contributed by atoms with Gasteiger partial charge in [-0.2, -0.15) is 0 Å². The summed E-state index contributed by atoms with van der Waals surface area (Å²) >= 11 is 0. The summed E-state index contributed by atoms with van der Waals surface area (Å²) in [6.07, 6.45) is 0.759. The lowest BCUT2D eigenvalue weighted by Gasteiger charge is -2.13. The van der Waals surface area contributed by atoms with E-state index in [0.29, 0.717) is 6.54 Å². The number of carbonyl (C=O) groups is 1. The van der Waals surface area contributed by atoms with Crippen LogP contribution in [0.25, 0.3) is 0 Å². The molecule has 0 aromatic heterocycles. The van der Waals surface area contributed by atoms with Crippen LogP contribution < -0.4 is 14.8 Å². The van der Waals surface area contributed by atoms with E-state index < -0.39 is 15.8 Å². The van der Waals surface area contributed by atoms with Gasteiger partial charge in [0.2, 0.25) is 0 Å². The number of sulfonamides is 1. The Hall–Kier alpha value is -2.61. The minimum atomic E-state index is -4.02. The number of carbonyl (C=O) groups excluding carboxylic acids is 1. The molecule has 2 N–H and O–H groups in total. The number of hydrogen-bond acceptors (Lipinski definition) is 4. The molecule has 2 rings (SSSR count). The molecule has 134 valence electrons. The van der Waals surface area contributed by atoms with Crippen molar-refractivity contribution >= 4 is 21.6 Å². The van der Waals surface area contributed by atoms with E-state index in [4.69, 9.17) is 4.74 Å². The first-order valence-corrected chi connectivity index (χ1v) is 9.11. The molecule has 1 amide bonds. The Bertz CT molecular complexity index is 869. The minimum Gasteiger partial charge on any atom is -0.494 e. The van der Waals surface area contributed by atoms with Gasteiger partial charge in [-0.3, -0.25) is 9.52 Å². The van der Waals surface area contributed by atoms with Crippen LogP contribution in [-0.2, 0) is 10.0 Å². The lowest BCUT2D eigenvalue weighted by Crippen LogP contribution is -2.25. The molecule has 0 fully saturated rings. The van der Waals surface area contributed by atoms with Crippen molar-refractivity contribution in [1.82, 2.24) is 5.32 Å². The number of para-hydroxylation sites is 1. The molecule has 0 saturated carbocycles. The van der Waals surface area contributed by atoms with Crippen LogP contribution in [0.5, 0.6) is 5.75 Å². The van der Waals surface area contributed by atoms with Gasteiger partial charge in [0.15, 0.2) is 11.6 Å². The van der Waals surface area contributed by atoms with Crippen molar-refractivity contribution in [2.75, 3.05) is 18.4 Å². The first-order valence-electron chi connectivity index (χ1n) is 7.62. The number of amides is 1. The molecular formula is C17H19FN2O4S. The van der Waals surface area contributed by atoms with E-state index in [1.807, 2.05) is 6.92 Å². The maximum absolute atomic E-state index is 13.5. The zero-order valence-electron chi connectivity index (χ0n) is 13.9. The van der Waals surface area contributed by atoms with Crippen LogP contribution in [0.15, 0.2) is 47.4 Å². The monoisotopic (exact) mass is 366 g/mol. The molecule has 0 heterocycles. The van der Waals surface area contributed by atoms with Crippen molar-refractivity contribution in [2.24, 2.45) is 0 Å². The summed E-state index contributed by atoms with van der Waals surface area (Å²) in [5.41, 5.74) is 0.341. The second kappa shape index (κ2) is 7.98. The molecule has 0 aliphatic heterocycles. The van der Waals surface area contributed by atoms with Crippen molar-refractivity contribution in [3.63, 3.8) is 0 Å². The predicted octanol–water partition coefficient (Wildman–Crippen LogP) is 2.77. The second-order valence-electron chi connectivity index (χ2n) is 5.20. The van der Waals surface area contributed by atoms with Crippen molar-refractivity contribution in [2.45, 2.75) is 18.2 Å². The third-order valence-electron chi connectivity index (χ3n) is 3.38. The Morgan fingerprint density at radius 1 is 1.20 bits per heavy atom. The van der Waals surface area contributed by atoms with E-state index >= 15 is 0 Å². The van der Waals surface area contributed by atoms with E-state index in [9.17, 15) is 17.6 Å². The van der Waals surface area contributed by atoms with E-state index in [0.717, 1.165) is 24.6 Å². The molecule has 0 radical (unpaired) electrons. The standard InChI is InChI=1S/C17H19FN2O4S/c1-3-10-19-17(21)13-6-4-5-7-15(13)20-25(22,23)12-8-9-14(18)16(11-12)24-2/h4-9,11,20H,3,10H2,1-2H3,(H,19,21). The highest BCUT2D eigenvalue weighted by molar-refractivity contribution is 7.92. The Labute approximate surface area is 146 Å². The maximum Gasteiger partial charge on any atom is 0.262 e. The van der Waals surface area contributed by atoms with Gasteiger partial charge < -0.3 is 10.1 Å². The molecule has 0 bridgehead atoms. The van der Waals surface area contributed by atoms with Gasteiger partial charge >= 0.3 is 0 Å². The highest BCUT2D eigenvalue weighted by Crippen LogP contribution is 2.24. The van der Waals surface area contributed by atoms with Gasteiger partial charge in [-0.1, -0.05) is 19.1 Å². The molecular weight excluding hydrogens is 347 g/mol. The fraction of sp³-hybridized carbons (Fsp3) is 0.235. The minimum absolute atomic E-state index is 0.138. The summed E-state index contributed by atoms with van der Waals surface area (Å²) in [4.78, 5) is 12.0. The van der Waals surface area contributed by atoms with Crippen molar-refractivity contribution < 1.29 is 22.3 Å². The molecule has 2 aromatic rings. The maximum atomic E-state index is 13.5. The van der Waals surface area contributed by atoms with Crippen molar-refractivity contribution in [3.05, 3.63) is 53.8 Å². The van der Waals surface area contributed by atoms with Crippen LogP contribution in [0.2, 0.25) is 0 Å². The van der Waals surface area contributed by atoms with Crippen molar-refractivity contribution in [1.29, 1.82) is 0 Å². The van der Waals surface area contributed by atoms with Crippen LogP contribution in [0.4, 0.5) is 10.1 Å². The number of halogens is 1. The summed E-state index contributed by atoms with van der Waals surface area (Å²) < 4.78 is 45.7. The summed E-state index contributed by atoms with van der Waals surface area (Å²) in [7, 11) is -2.77. The zero-order valence-corrected chi connectivity index (χ0v) is 14.7. The number of rotatable bonds is 7.